The van der Waals surface area contributed by atoms with E-state index >= 15 is 0 Å². The summed E-state index contributed by atoms with van der Waals surface area (Å²) in [5.74, 6) is 1.12. The molecule has 0 spiro atoms. The van der Waals surface area contributed by atoms with Crippen molar-refractivity contribution >= 4 is 28.5 Å². The minimum Gasteiger partial charge on any atom is -0.480 e. The van der Waals surface area contributed by atoms with Gasteiger partial charge in [-0.1, -0.05) is 0 Å². The van der Waals surface area contributed by atoms with Gasteiger partial charge in [0.15, 0.2) is 5.65 Å². The second-order valence-corrected chi connectivity index (χ2v) is 7.12. The van der Waals surface area contributed by atoms with Gasteiger partial charge in [0.25, 0.3) is 0 Å². The van der Waals surface area contributed by atoms with Gasteiger partial charge >= 0.3 is 0 Å². The number of likely N-dealkylation sites (tertiary alicyclic amines) is 1. The number of piperidine rings is 1. The summed E-state index contributed by atoms with van der Waals surface area (Å²) in [5.41, 5.74) is 3.32. The molecule has 0 bridgehead atoms. The maximum atomic E-state index is 11.7. The fourth-order valence-electron chi connectivity index (χ4n) is 3.73. The van der Waals surface area contributed by atoms with Crippen LogP contribution in [0.5, 0.6) is 5.88 Å². The van der Waals surface area contributed by atoms with Crippen molar-refractivity contribution < 1.29 is 9.53 Å². The highest BCUT2D eigenvalue weighted by molar-refractivity contribution is 5.97. The number of nitrogens with zero attached hydrogens (tertiary/aromatic N) is 6. The van der Waals surface area contributed by atoms with E-state index in [2.05, 4.69) is 30.4 Å². The van der Waals surface area contributed by atoms with E-state index in [1.165, 1.54) is 6.33 Å². The predicted octanol–water partition coefficient (Wildman–Crippen LogP) is 1.71. The molecule has 1 atom stereocenters. The third-order valence-corrected chi connectivity index (χ3v) is 5.24. The molecule has 148 valence electrons. The zero-order chi connectivity index (χ0) is 20.0. The summed E-state index contributed by atoms with van der Waals surface area (Å²) in [6.07, 6.45) is 6.58. The fraction of sp³-hybridized carbons (Fsp3) is 0.316. The Labute approximate surface area is 165 Å². The second kappa shape index (κ2) is 6.73. The van der Waals surface area contributed by atoms with E-state index in [9.17, 15) is 4.79 Å². The number of carbonyl (C=O) groups is 1. The largest absolute Gasteiger partial charge is 0.480 e. The minimum absolute atomic E-state index is 0.101. The number of nitrogens with one attached hydrogen (secondary N) is 2. The summed E-state index contributed by atoms with van der Waals surface area (Å²) in [5, 5.41) is 8.33. The van der Waals surface area contributed by atoms with Crippen LogP contribution in [0.1, 0.15) is 12.8 Å². The van der Waals surface area contributed by atoms with Crippen LogP contribution in [-0.2, 0) is 4.79 Å². The smallest absolute Gasteiger partial charge is 0.228 e. The van der Waals surface area contributed by atoms with Crippen LogP contribution >= 0.6 is 0 Å². The number of amides is 1. The Morgan fingerprint density at radius 1 is 1.31 bits per heavy atom. The molecule has 1 saturated heterocycles. The van der Waals surface area contributed by atoms with Crippen LogP contribution in [0.2, 0.25) is 0 Å². The highest BCUT2D eigenvalue weighted by Crippen LogP contribution is 2.34. The number of ether oxygens (including phenoxy) is 1. The van der Waals surface area contributed by atoms with Crippen molar-refractivity contribution in [1.29, 1.82) is 0 Å². The van der Waals surface area contributed by atoms with Crippen LogP contribution in [0.25, 0.3) is 27.8 Å². The molecule has 0 aromatic carbocycles. The number of rotatable bonds is 4. The highest BCUT2D eigenvalue weighted by Gasteiger charge is 2.24. The number of likely N-dealkylation sites (N-methyl/N-ethyl adjacent to an activating group) is 1. The molecule has 5 rings (SSSR count). The average Bonchev–Trinajstić information content (AvgIpc) is 3.36. The van der Waals surface area contributed by atoms with E-state index in [1.807, 2.05) is 31.6 Å². The molecule has 0 unspecified atom stereocenters. The summed E-state index contributed by atoms with van der Waals surface area (Å²) in [7, 11) is 3.40. The lowest BCUT2D eigenvalue weighted by Crippen LogP contribution is -2.43. The first-order valence-electron chi connectivity index (χ1n) is 9.36. The zero-order valence-electron chi connectivity index (χ0n) is 16.1. The van der Waals surface area contributed by atoms with Crippen LogP contribution in [-0.4, -0.2) is 67.1 Å². The molecule has 2 N–H and O–H groups in total. The molecule has 10 heteroatoms. The second-order valence-electron chi connectivity index (χ2n) is 7.12. The Kier molecular flexibility index (Phi) is 4.04. The van der Waals surface area contributed by atoms with Crippen molar-refractivity contribution in [2.24, 2.45) is 0 Å². The van der Waals surface area contributed by atoms with Crippen molar-refractivity contribution in [2.75, 3.05) is 26.0 Å². The summed E-state index contributed by atoms with van der Waals surface area (Å²) in [6, 6.07) is 3.99. The number of aromatic amines is 1. The number of methoxy groups -OCH3 is 1. The van der Waals surface area contributed by atoms with Gasteiger partial charge in [0.05, 0.1) is 12.5 Å². The Bertz CT molecular complexity index is 1210. The average molecular weight is 392 g/mol. The number of pyridine rings is 1. The first kappa shape index (κ1) is 17.4. The van der Waals surface area contributed by atoms with Gasteiger partial charge in [0, 0.05) is 49.6 Å². The SMILES string of the molecule is COc1nc(N[C@H]2CCC(=O)N(C)C2)nc2[nH]cc(-c3ccc4ncnn4c3)c12. The molecule has 5 heterocycles. The fourth-order valence-corrected chi connectivity index (χ4v) is 3.73. The Morgan fingerprint density at radius 3 is 3.03 bits per heavy atom. The van der Waals surface area contributed by atoms with E-state index in [1.54, 1.807) is 16.5 Å². The van der Waals surface area contributed by atoms with Crippen LogP contribution in [0, 0.1) is 0 Å². The molecule has 0 saturated carbocycles. The number of aromatic nitrogens is 6. The molecule has 1 aliphatic rings. The number of hydrogen-bond donors (Lipinski definition) is 2. The summed E-state index contributed by atoms with van der Waals surface area (Å²) in [6.45, 7) is 0.621. The Morgan fingerprint density at radius 2 is 2.21 bits per heavy atom. The molecule has 4 aromatic rings. The van der Waals surface area contributed by atoms with E-state index in [0.29, 0.717) is 30.4 Å². The topological polar surface area (TPSA) is 113 Å². The van der Waals surface area contributed by atoms with Gasteiger partial charge in [-0.05, 0) is 18.6 Å². The Hall–Kier alpha value is -3.69. The van der Waals surface area contributed by atoms with Crippen molar-refractivity contribution in [3.05, 3.63) is 30.9 Å². The highest BCUT2D eigenvalue weighted by atomic mass is 16.5. The van der Waals surface area contributed by atoms with Crippen LogP contribution in [0.4, 0.5) is 5.95 Å². The van der Waals surface area contributed by atoms with Crippen molar-refractivity contribution in [3.8, 4) is 17.0 Å². The van der Waals surface area contributed by atoms with E-state index < -0.39 is 0 Å². The third-order valence-electron chi connectivity index (χ3n) is 5.24. The van der Waals surface area contributed by atoms with Crippen LogP contribution in [0.15, 0.2) is 30.9 Å². The standard InChI is InChI=1S/C19H20N8O2/c1-26-9-12(4-6-15(26)28)23-19-24-17-16(18(25-19)29-2)13(7-20-17)11-3-5-14-21-10-22-27(14)8-11/h3,5,7-8,10,12H,4,6,9H2,1-2H3,(H2,20,23,24,25)/t12-/m0/s1. The summed E-state index contributed by atoms with van der Waals surface area (Å²) < 4.78 is 7.30. The van der Waals surface area contributed by atoms with Gasteiger partial charge in [-0.2, -0.15) is 15.1 Å². The summed E-state index contributed by atoms with van der Waals surface area (Å²) >= 11 is 0. The lowest BCUT2D eigenvalue weighted by molar-refractivity contribution is -0.132. The van der Waals surface area contributed by atoms with Gasteiger partial charge in [-0.25, -0.2) is 9.50 Å². The van der Waals surface area contributed by atoms with E-state index in [0.717, 1.165) is 28.6 Å². The predicted molar refractivity (Wildman–Crippen MR) is 107 cm³/mol. The van der Waals surface area contributed by atoms with Crippen molar-refractivity contribution in [1.82, 2.24) is 34.4 Å². The van der Waals surface area contributed by atoms with Gasteiger partial charge in [-0.15, -0.1) is 0 Å². The molecule has 1 fully saturated rings. The van der Waals surface area contributed by atoms with E-state index in [-0.39, 0.29) is 11.9 Å². The van der Waals surface area contributed by atoms with Crippen LogP contribution < -0.4 is 10.1 Å². The van der Waals surface area contributed by atoms with Crippen LogP contribution in [0.3, 0.4) is 0 Å². The zero-order valence-corrected chi connectivity index (χ0v) is 16.1. The lowest BCUT2D eigenvalue weighted by Gasteiger charge is -2.30. The number of anilines is 1. The molecule has 10 nitrogen and oxygen atoms in total. The first-order chi connectivity index (χ1) is 14.1. The monoisotopic (exact) mass is 392 g/mol. The third kappa shape index (κ3) is 3.02. The van der Waals surface area contributed by atoms with Gasteiger partial charge in [-0.3, -0.25) is 4.79 Å². The molecular formula is C19H20N8O2. The molecule has 0 aliphatic carbocycles. The molecule has 4 aromatic heterocycles. The maximum absolute atomic E-state index is 11.7. The Balaban J connectivity index is 1.51. The maximum Gasteiger partial charge on any atom is 0.228 e. The van der Waals surface area contributed by atoms with Gasteiger partial charge in [0.1, 0.15) is 12.0 Å². The summed E-state index contributed by atoms with van der Waals surface area (Å²) in [4.78, 5) is 30.0. The van der Waals surface area contributed by atoms with Gasteiger partial charge < -0.3 is 19.9 Å². The molecule has 0 radical (unpaired) electrons. The quantitative estimate of drug-likeness (QED) is 0.543. The minimum atomic E-state index is 0.101. The molecule has 29 heavy (non-hydrogen) atoms. The number of fused-ring (bicyclic) bond motifs is 2. The molecule has 1 amide bonds. The molecule has 1 aliphatic heterocycles. The normalized spacial score (nSPS) is 17.2. The number of carbonyl (C=O) groups excluding carboxylic acids is 1. The number of hydrogen-bond acceptors (Lipinski definition) is 7. The first-order valence-corrected chi connectivity index (χ1v) is 9.36. The molecular weight excluding hydrogens is 372 g/mol. The van der Waals surface area contributed by atoms with Gasteiger partial charge in [0.2, 0.25) is 17.7 Å². The lowest BCUT2D eigenvalue weighted by atomic mass is 10.1. The number of H-pyrrole nitrogens is 1. The van der Waals surface area contributed by atoms with Crippen molar-refractivity contribution in [3.63, 3.8) is 0 Å². The van der Waals surface area contributed by atoms with Crippen molar-refractivity contribution in [2.45, 2.75) is 18.9 Å². The van der Waals surface area contributed by atoms with E-state index in [4.69, 9.17) is 4.74 Å².